The molecule has 0 saturated carbocycles. The maximum absolute atomic E-state index is 13.6. The van der Waals surface area contributed by atoms with Gasteiger partial charge in [-0.3, -0.25) is 4.79 Å². The van der Waals surface area contributed by atoms with E-state index in [1.165, 1.54) is 41.0 Å². The Bertz CT molecular complexity index is 1200. The number of nitrogens with zero attached hydrogens (tertiary/aromatic N) is 2. The topological polar surface area (TPSA) is 72.8 Å². The van der Waals surface area contributed by atoms with Gasteiger partial charge >= 0.3 is 12.0 Å². The van der Waals surface area contributed by atoms with Gasteiger partial charge in [0.2, 0.25) is 0 Å². The summed E-state index contributed by atoms with van der Waals surface area (Å²) in [6.07, 6.45) is 6.81. The van der Waals surface area contributed by atoms with E-state index in [1.807, 2.05) is 46.6 Å². The lowest BCUT2D eigenvalue weighted by Crippen LogP contribution is -2.42. The molecule has 3 aromatic rings. The van der Waals surface area contributed by atoms with Crippen LogP contribution in [-0.2, 0) is 28.9 Å². The number of benzene rings is 1. The highest BCUT2D eigenvalue weighted by Crippen LogP contribution is 2.44. The molecule has 178 valence electrons. The standard InChI is InChI=1S/C26H29N3O4S/c1-32-18-11-9-17(10-12-18)24-21-7-5-15-28(21)25-20(19-6-3-4-8-22(19)34-25)16-29(24)26(31)27-14-13-23(30)33-2/h5,7,9-12,15,24H,3-4,6,8,13-14,16H2,1-2H3,(H,27,31). The lowest BCUT2D eigenvalue weighted by molar-refractivity contribution is -0.140. The molecule has 0 saturated heterocycles. The molecule has 2 aliphatic rings. The number of nitrogens with one attached hydrogen (secondary N) is 1. The largest absolute Gasteiger partial charge is 0.497 e. The number of esters is 1. The van der Waals surface area contributed by atoms with Gasteiger partial charge in [-0.25, -0.2) is 4.79 Å². The van der Waals surface area contributed by atoms with E-state index in [-0.39, 0.29) is 31.0 Å². The second-order valence-electron chi connectivity index (χ2n) is 8.66. The summed E-state index contributed by atoms with van der Waals surface area (Å²) < 4.78 is 12.3. The molecule has 0 bridgehead atoms. The van der Waals surface area contributed by atoms with Crippen molar-refractivity contribution >= 4 is 23.3 Å². The normalized spacial score (nSPS) is 16.6. The Labute approximate surface area is 203 Å². The van der Waals surface area contributed by atoms with Crippen LogP contribution in [0.3, 0.4) is 0 Å². The third-order valence-corrected chi connectivity index (χ3v) is 8.04. The predicted octanol–water partition coefficient (Wildman–Crippen LogP) is 4.60. The van der Waals surface area contributed by atoms with E-state index in [2.05, 4.69) is 22.1 Å². The van der Waals surface area contributed by atoms with Gasteiger partial charge in [0.05, 0.1) is 38.9 Å². The lowest BCUT2D eigenvalue weighted by atomic mass is 9.95. The molecule has 1 atom stereocenters. The highest BCUT2D eigenvalue weighted by molar-refractivity contribution is 7.15. The number of hydrogen-bond acceptors (Lipinski definition) is 5. The predicted molar refractivity (Wildman–Crippen MR) is 131 cm³/mol. The maximum Gasteiger partial charge on any atom is 0.318 e. The average Bonchev–Trinajstić information content (AvgIpc) is 3.46. The average molecular weight is 480 g/mol. The van der Waals surface area contributed by atoms with Crippen LogP contribution < -0.4 is 10.1 Å². The van der Waals surface area contributed by atoms with Crippen molar-refractivity contribution in [3.8, 4) is 10.8 Å². The highest BCUT2D eigenvalue weighted by atomic mass is 32.1. The van der Waals surface area contributed by atoms with Crippen LogP contribution in [0.1, 0.15) is 52.6 Å². The van der Waals surface area contributed by atoms with E-state index in [1.54, 1.807) is 7.11 Å². The zero-order valence-corrected chi connectivity index (χ0v) is 20.3. The lowest BCUT2D eigenvalue weighted by Gasteiger charge is -2.31. The molecule has 0 fully saturated rings. The molecule has 8 heteroatoms. The molecule has 3 heterocycles. The zero-order valence-electron chi connectivity index (χ0n) is 19.5. The van der Waals surface area contributed by atoms with E-state index in [0.717, 1.165) is 29.8 Å². The fraction of sp³-hybridized carbons (Fsp3) is 0.385. The molecular weight excluding hydrogens is 450 g/mol. The molecule has 5 rings (SSSR count). The Morgan fingerprint density at radius 1 is 1.09 bits per heavy atom. The molecule has 1 N–H and O–H groups in total. The number of ether oxygens (including phenoxy) is 2. The monoisotopic (exact) mass is 479 g/mol. The number of rotatable bonds is 5. The van der Waals surface area contributed by atoms with E-state index in [4.69, 9.17) is 9.47 Å². The number of carbonyl (C=O) groups is 2. The Hall–Kier alpha value is -3.26. The summed E-state index contributed by atoms with van der Waals surface area (Å²) in [6, 6.07) is 11.6. The SMILES string of the molecule is COC(=O)CCNC(=O)N1Cc2c(sc3c2CCCC3)-n2cccc2C1c1ccc(OC)cc1. The van der Waals surface area contributed by atoms with Gasteiger partial charge in [0.25, 0.3) is 0 Å². The molecule has 7 nitrogen and oxygen atoms in total. The van der Waals surface area contributed by atoms with Gasteiger partial charge in [-0.2, -0.15) is 0 Å². The number of hydrogen-bond donors (Lipinski definition) is 1. The number of methoxy groups -OCH3 is 2. The molecule has 0 radical (unpaired) electrons. The van der Waals surface area contributed by atoms with Crippen LogP contribution >= 0.6 is 11.3 Å². The first-order chi connectivity index (χ1) is 16.6. The first-order valence-electron chi connectivity index (χ1n) is 11.7. The zero-order chi connectivity index (χ0) is 23.7. The molecule has 1 aliphatic heterocycles. The fourth-order valence-electron chi connectivity index (χ4n) is 5.00. The summed E-state index contributed by atoms with van der Waals surface area (Å²) >= 11 is 1.86. The third kappa shape index (κ3) is 4.07. The van der Waals surface area contributed by atoms with Crippen LogP contribution in [0.15, 0.2) is 42.6 Å². The molecule has 34 heavy (non-hydrogen) atoms. The smallest absolute Gasteiger partial charge is 0.318 e. The summed E-state index contributed by atoms with van der Waals surface area (Å²) in [5.74, 6) is 0.431. The van der Waals surface area contributed by atoms with Gasteiger partial charge in [0, 0.05) is 23.2 Å². The van der Waals surface area contributed by atoms with Gasteiger partial charge in [0.1, 0.15) is 10.8 Å². The van der Waals surface area contributed by atoms with Crippen molar-refractivity contribution in [2.45, 2.75) is 44.7 Å². The van der Waals surface area contributed by atoms with Crippen molar-refractivity contribution in [3.05, 3.63) is 69.9 Å². The number of amides is 2. The molecule has 2 aromatic heterocycles. The van der Waals surface area contributed by atoms with E-state index >= 15 is 0 Å². The van der Waals surface area contributed by atoms with Gasteiger partial charge in [-0.15, -0.1) is 11.3 Å². The van der Waals surface area contributed by atoms with Crippen molar-refractivity contribution in [1.82, 2.24) is 14.8 Å². The number of aromatic nitrogens is 1. The van der Waals surface area contributed by atoms with E-state index in [9.17, 15) is 9.59 Å². The molecule has 1 unspecified atom stereocenters. The van der Waals surface area contributed by atoms with Crippen molar-refractivity contribution in [3.63, 3.8) is 0 Å². The quantitative estimate of drug-likeness (QED) is 0.543. The van der Waals surface area contributed by atoms with Crippen LogP contribution in [0.5, 0.6) is 5.75 Å². The number of fused-ring (bicyclic) bond motifs is 5. The van der Waals surface area contributed by atoms with Gasteiger partial charge in [-0.05, 0) is 61.1 Å². The minimum Gasteiger partial charge on any atom is -0.497 e. The second-order valence-corrected chi connectivity index (χ2v) is 9.74. The Morgan fingerprint density at radius 3 is 2.65 bits per heavy atom. The number of thiophene rings is 1. The maximum atomic E-state index is 13.6. The minimum atomic E-state index is -0.342. The first kappa shape index (κ1) is 22.5. The number of carbonyl (C=O) groups excluding carboxylic acids is 2. The van der Waals surface area contributed by atoms with Crippen LogP contribution in [0.4, 0.5) is 4.79 Å². The third-order valence-electron chi connectivity index (χ3n) is 6.70. The molecule has 1 aromatic carbocycles. The summed E-state index contributed by atoms with van der Waals surface area (Å²) in [5.41, 5.74) is 4.71. The number of urea groups is 1. The summed E-state index contributed by atoms with van der Waals surface area (Å²) in [6.45, 7) is 0.747. The van der Waals surface area contributed by atoms with Gasteiger partial charge in [0.15, 0.2) is 0 Å². The van der Waals surface area contributed by atoms with Gasteiger partial charge in [-0.1, -0.05) is 12.1 Å². The van der Waals surface area contributed by atoms with Gasteiger partial charge < -0.3 is 24.3 Å². The molecule has 2 amide bonds. The fourth-order valence-corrected chi connectivity index (χ4v) is 6.40. The molecule has 1 aliphatic carbocycles. The Morgan fingerprint density at radius 2 is 1.88 bits per heavy atom. The van der Waals surface area contributed by atoms with Crippen molar-refractivity contribution < 1.29 is 19.1 Å². The Kier molecular flexibility index (Phi) is 6.32. The molecule has 0 spiro atoms. The number of aryl methyl sites for hydroxylation is 1. The summed E-state index contributed by atoms with van der Waals surface area (Å²) in [5, 5.41) is 4.17. The van der Waals surface area contributed by atoms with Crippen LogP contribution in [0.25, 0.3) is 5.00 Å². The van der Waals surface area contributed by atoms with Crippen molar-refractivity contribution in [2.24, 2.45) is 0 Å². The van der Waals surface area contributed by atoms with Crippen molar-refractivity contribution in [1.29, 1.82) is 0 Å². The first-order valence-corrected chi connectivity index (χ1v) is 12.5. The second kappa shape index (κ2) is 9.54. The van der Waals surface area contributed by atoms with Crippen LogP contribution in [0, 0.1) is 0 Å². The summed E-state index contributed by atoms with van der Waals surface area (Å²) in [4.78, 5) is 28.5. The Balaban J connectivity index is 1.57. The highest BCUT2D eigenvalue weighted by Gasteiger charge is 2.36. The van der Waals surface area contributed by atoms with E-state index < -0.39 is 0 Å². The van der Waals surface area contributed by atoms with Crippen LogP contribution in [-0.4, -0.2) is 42.2 Å². The summed E-state index contributed by atoms with van der Waals surface area (Å²) in [7, 11) is 3.00. The minimum absolute atomic E-state index is 0.138. The van der Waals surface area contributed by atoms with E-state index in [0.29, 0.717) is 6.54 Å². The van der Waals surface area contributed by atoms with Crippen LogP contribution in [0.2, 0.25) is 0 Å². The molecular formula is C26H29N3O4S. The van der Waals surface area contributed by atoms with Crippen molar-refractivity contribution in [2.75, 3.05) is 20.8 Å².